The summed E-state index contributed by atoms with van der Waals surface area (Å²) in [6, 6.07) is 5.34. The SMILES string of the molecule is CC1(C)NCCc2cccc(F)c21. The van der Waals surface area contributed by atoms with Gasteiger partial charge in [-0.2, -0.15) is 0 Å². The van der Waals surface area contributed by atoms with Gasteiger partial charge >= 0.3 is 0 Å². The van der Waals surface area contributed by atoms with Crippen LogP contribution in [0.5, 0.6) is 0 Å². The molecule has 1 N–H and O–H groups in total. The summed E-state index contributed by atoms with van der Waals surface area (Å²) in [6.07, 6.45) is 0.927. The predicted molar refractivity (Wildman–Crippen MR) is 51.1 cm³/mol. The first-order valence-corrected chi connectivity index (χ1v) is 4.64. The molecule has 1 nitrogen and oxygen atoms in total. The number of benzene rings is 1. The molecule has 1 aliphatic heterocycles. The molecule has 0 saturated heterocycles. The van der Waals surface area contributed by atoms with Crippen molar-refractivity contribution in [1.82, 2.24) is 5.32 Å². The molecule has 0 fully saturated rings. The monoisotopic (exact) mass is 179 g/mol. The van der Waals surface area contributed by atoms with Crippen LogP contribution in [0.15, 0.2) is 18.2 Å². The van der Waals surface area contributed by atoms with E-state index < -0.39 is 0 Å². The zero-order chi connectivity index (χ0) is 9.47. The van der Waals surface area contributed by atoms with Gasteiger partial charge < -0.3 is 5.32 Å². The molecule has 2 heteroatoms. The Hall–Kier alpha value is -0.890. The Kier molecular flexibility index (Phi) is 1.88. The van der Waals surface area contributed by atoms with Crippen LogP contribution < -0.4 is 5.32 Å². The molecular weight excluding hydrogens is 165 g/mol. The standard InChI is InChI=1S/C11H14FN/c1-11(2)10-8(6-7-13-11)4-3-5-9(10)12/h3-5,13H,6-7H2,1-2H3. The Bertz CT molecular complexity index is 331. The lowest BCUT2D eigenvalue weighted by atomic mass is 9.85. The van der Waals surface area contributed by atoms with Crippen molar-refractivity contribution < 1.29 is 4.39 Å². The van der Waals surface area contributed by atoms with Gasteiger partial charge in [0, 0.05) is 11.1 Å². The molecule has 0 amide bonds. The fourth-order valence-electron chi connectivity index (χ4n) is 2.08. The lowest BCUT2D eigenvalue weighted by Gasteiger charge is -2.34. The van der Waals surface area contributed by atoms with Crippen molar-refractivity contribution >= 4 is 0 Å². The fourth-order valence-corrected chi connectivity index (χ4v) is 2.08. The highest BCUT2D eigenvalue weighted by Gasteiger charge is 2.29. The van der Waals surface area contributed by atoms with Crippen molar-refractivity contribution in [3.63, 3.8) is 0 Å². The van der Waals surface area contributed by atoms with Crippen LogP contribution >= 0.6 is 0 Å². The van der Waals surface area contributed by atoms with Crippen molar-refractivity contribution in [3.8, 4) is 0 Å². The van der Waals surface area contributed by atoms with Crippen molar-refractivity contribution in [2.24, 2.45) is 0 Å². The third kappa shape index (κ3) is 1.35. The smallest absolute Gasteiger partial charge is 0.128 e. The Labute approximate surface area is 78.0 Å². The van der Waals surface area contributed by atoms with E-state index in [1.54, 1.807) is 6.07 Å². The minimum absolute atomic E-state index is 0.0882. The van der Waals surface area contributed by atoms with E-state index in [0.717, 1.165) is 24.1 Å². The number of fused-ring (bicyclic) bond motifs is 1. The number of rotatable bonds is 0. The van der Waals surface area contributed by atoms with Crippen LogP contribution in [-0.4, -0.2) is 6.54 Å². The van der Waals surface area contributed by atoms with E-state index in [1.807, 2.05) is 19.9 Å². The van der Waals surface area contributed by atoms with Gasteiger partial charge in [0.2, 0.25) is 0 Å². The molecular formula is C11H14FN. The minimum Gasteiger partial charge on any atom is -0.307 e. The highest BCUT2D eigenvalue weighted by Crippen LogP contribution is 2.29. The topological polar surface area (TPSA) is 12.0 Å². The Balaban J connectivity index is 2.61. The van der Waals surface area contributed by atoms with Crippen LogP contribution in [-0.2, 0) is 12.0 Å². The molecule has 70 valence electrons. The summed E-state index contributed by atoms with van der Waals surface area (Å²) in [4.78, 5) is 0. The quantitative estimate of drug-likeness (QED) is 0.644. The van der Waals surface area contributed by atoms with Crippen LogP contribution in [0.1, 0.15) is 25.0 Å². The Morgan fingerprint density at radius 2 is 2.15 bits per heavy atom. The van der Waals surface area contributed by atoms with Crippen LogP contribution in [0.3, 0.4) is 0 Å². The largest absolute Gasteiger partial charge is 0.307 e. The summed E-state index contributed by atoms with van der Waals surface area (Å²) in [5.74, 6) is -0.0882. The zero-order valence-corrected chi connectivity index (χ0v) is 8.02. The van der Waals surface area contributed by atoms with E-state index in [4.69, 9.17) is 0 Å². The average Bonchev–Trinajstić information content (AvgIpc) is 2.02. The fraction of sp³-hybridized carbons (Fsp3) is 0.455. The Morgan fingerprint density at radius 3 is 2.85 bits per heavy atom. The maximum atomic E-state index is 13.5. The van der Waals surface area contributed by atoms with Crippen LogP contribution in [0, 0.1) is 5.82 Å². The molecule has 0 aliphatic carbocycles. The summed E-state index contributed by atoms with van der Waals surface area (Å²) < 4.78 is 13.5. The molecule has 0 bridgehead atoms. The molecule has 0 aromatic heterocycles. The second-order valence-electron chi connectivity index (χ2n) is 4.08. The molecule has 0 atom stereocenters. The maximum absolute atomic E-state index is 13.5. The first-order chi connectivity index (χ1) is 6.11. The van der Waals surface area contributed by atoms with E-state index in [0.29, 0.717) is 0 Å². The zero-order valence-electron chi connectivity index (χ0n) is 8.02. The summed E-state index contributed by atoms with van der Waals surface area (Å²) in [7, 11) is 0. The molecule has 1 aromatic carbocycles. The van der Waals surface area contributed by atoms with Gasteiger partial charge in [-0.25, -0.2) is 4.39 Å². The van der Waals surface area contributed by atoms with Crippen molar-refractivity contribution in [1.29, 1.82) is 0 Å². The van der Waals surface area contributed by atoms with E-state index in [1.165, 1.54) is 6.07 Å². The number of hydrogen-bond acceptors (Lipinski definition) is 1. The van der Waals surface area contributed by atoms with Gasteiger partial charge in [-0.1, -0.05) is 12.1 Å². The lowest BCUT2D eigenvalue weighted by Crippen LogP contribution is -2.43. The molecule has 0 saturated carbocycles. The first-order valence-electron chi connectivity index (χ1n) is 4.64. The van der Waals surface area contributed by atoms with E-state index in [2.05, 4.69) is 5.32 Å². The summed E-state index contributed by atoms with van der Waals surface area (Å²) in [6.45, 7) is 4.98. The molecule has 0 spiro atoms. The maximum Gasteiger partial charge on any atom is 0.128 e. The number of halogens is 1. The summed E-state index contributed by atoms with van der Waals surface area (Å²) in [5, 5.41) is 3.32. The van der Waals surface area contributed by atoms with Gasteiger partial charge in [0.15, 0.2) is 0 Å². The van der Waals surface area contributed by atoms with Gasteiger partial charge in [-0.3, -0.25) is 0 Å². The molecule has 1 aliphatic rings. The molecule has 2 rings (SSSR count). The van der Waals surface area contributed by atoms with Crippen LogP contribution in [0.25, 0.3) is 0 Å². The summed E-state index contributed by atoms with van der Waals surface area (Å²) in [5.41, 5.74) is 1.75. The average molecular weight is 179 g/mol. The van der Waals surface area contributed by atoms with Gasteiger partial charge in [0.05, 0.1) is 0 Å². The van der Waals surface area contributed by atoms with Crippen LogP contribution in [0.2, 0.25) is 0 Å². The van der Waals surface area contributed by atoms with Crippen molar-refractivity contribution in [2.75, 3.05) is 6.54 Å². The third-order valence-corrected chi connectivity index (χ3v) is 2.69. The van der Waals surface area contributed by atoms with Gasteiger partial charge in [0.1, 0.15) is 5.82 Å². The van der Waals surface area contributed by atoms with Crippen molar-refractivity contribution in [3.05, 3.63) is 35.1 Å². The molecule has 1 heterocycles. The second kappa shape index (κ2) is 2.81. The van der Waals surface area contributed by atoms with Crippen LogP contribution in [0.4, 0.5) is 4.39 Å². The Morgan fingerprint density at radius 1 is 1.38 bits per heavy atom. The minimum atomic E-state index is -0.223. The molecule has 1 aromatic rings. The van der Waals surface area contributed by atoms with Gasteiger partial charge in [-0.15, -0.1) is 0 Å². The van der Waals surface area contributed by atoms with E-state index in [9.17, 15) is 4.39 Å². The van der Waals surface area contributed by atoms with Crippen molar-refractivity contribution in [2.45, 2.75) is 25.8 Å². The number of nitrogens with one attached hydrogen (secondary N) is 1. The molecule has 0 radical (unpaired) electrons. The predicted octanol–water partition coefficient (Wildman–Crippen LogP) is 2.21. The van der Waals surface area contributed by atoms with E-state index >= 15 is 0 Å². The number of hydrogen-bond donors (Lipinski definition) is 1. The normalized spacial score (nSPS) is 19.6. The van der Waals surface area contributed by atoms with E-state index in [-0.39, 0.29) is 11.4 Å². The van der Waals surface area contributed by atoms with Gasteiger partial charge in [-0.05, 0) is 38.4 Å². The highest BCUT2D eigenvalue weighted by atomic mass is 19.1. The lowest BCUT2D eigenvalue weighted by molar-refractivity contribution is 0.363. The molecule has 13 heavy (non-hydrogen) atoms. The van der Waals surface area contributed by atoms with Gasteiger partial charge in [0.25, 0.3) is 0 Å². The first kappa shape index (κ1) is 8.70. The summed E-state index contributed by atoms with van der Waals surface area (Å²) >= 11 is 0. The highest BCUT2D eigenvalue weighted by molar-refractivity contribution is 5.36. The molecule has 0 unspecified atom stereocenters. The second-order valence-corrected chi connectivity index (χ2v) is 4.08. The third-order valence-electron chi connectivity index (χ3n) is 2.69.